The van der Waals surface area contributed by atoms with Crippen LogP contribution in [0.4, 0.5) is 10.1 Å². The molecule has 27 heavy (non-hydrogen) atoms. The van der Waals surface area contributed by atoms with Gasteiger partial charge < -0.3 is 10.4 Å². The van der Waals surface area contributed by atoms with Crippen molar-refractivity contribution in [2.24, 2.45) is 0 Å². The second-order valence-electron chi connectivity index (χ2n) is 6.65. The second kappa shape index (κ2) is 8.24. The van der Waals surface area contributed by atoms with Crippen molar-refractivity contribution in [3.63, 3.8) is 0 Å². The molecule has 0 radical (unpaired) electrons. The Morgan fingerprint density at radius 3 is 2.37 bits per heavy atom. The van der Waals surface area contributed by atoms with E-state index in [9.17, 15) is 22.7 Å². The zero-order valence-corrected chi connectivity index (χ0v) is 16.4. The summed E-state index contributed by atoms with van der Waals surface area (Å²) < 4.78 is 40.2. The SMILES string of the molecule is CC(C)(CO)NC(=O)Cc1ccc(NS(=O)(=O)c2ccc(F)c(Cl)c2)cc1. The Hall–Kier alpha value is -2.16. The third-order valence-electron chi connectivity index (χ3n) is 3.65. The second-order valence-corrected chi connectivity index (χ2v) is 8.73. The molecule has 0 aliphatic heterocycles. The number of hydrogen-bond donors (Lipinski definition) is 3. The third kappa shape index (κ3) is 5.92. The average molecular weight is 415 g/mol. The van der Waals surface area contributed by atoms with Crippen molar-refractivity contribution in [1.82, 2.24) is 5.32 Å². The van der Waals surface area contributed by atoms with Gasteiger partial charge in [-0.05, 0) is 49.7 Å². The van der Waals surface area contributed by atoms with E-state index in [1.807, 2.05) is 0 Å². The van der Waals surface area contributed by atoms with Gasteiger partial charge in [0.15, 0.2) is 0 Å². The van der Waals surface area contributed by atoms with Gasteiger partial charge >= 0.3 is 0 Å². The fourth-order valence-corrected chi connectivity index (χ4v) is 3.52. The number of anilines is 1. The number of aliphatic hydroxyl groups excluding tert-OH is 1. The minimum atomic E-state index is -3.92. The van der Waals surface area contributed by atoms with Crippen LogP contribution in [0.25, 0.3) is 0 Å². The van der Waals surface area contributed by atoms with E-state index >= 15 is 0 Å². The van der Waals surface area contributed by atoms with E-state index in [2.05, 4.69) is 10.0 Å². The maximum Gasteiger partial charge on any atom is 0.261 e. The van der Waals surface area contributed by atoms with E-state index in [4.69, 9.17) is 11.6 Å². The smallest absolute Gasteiger partial charge is 0.261 e. The van der Waals surface area contributed by atoms with Gasteiger partial charge in [0.1, 0.15) is 5.82 Å². The van der Waals surface area contributed by atoms with E-state index in [0.29, 0.717) is 5.56 Å². The highest BCUT2D eigenvalue weighted by Gasteiger charge is 2.19. The lowest BCUT2D eigenvalue weighted by Gasteiger charge is -2.23. The summed E-state index contributed by atoms with van der Waals surface area (Å²) in [5, 5.41) is 11.6. The van der Waals surface area contributed by atoms with Gasteiger partial charge in [0.05, 0.1) is 28.5 Å². The van der Waals surface area contributed by atoms with Gasteiger partial charge in [-0.1, -0.05) is 23.7 Å². The number of halogens is 2. The molecule has 2 aromatic carbocycles. The Morgan fingerprint density at radius 1 is 1.19 bits per heavy atom. The van der Waals surface area contributed by atoms with Gasteiger partial charge in [-0.15, -0.1) is 0 Å². The molecule has 6 nitrogen and oxygen atoms in total. The van der Waals surface area contributed by atoms with E-state index in [-0.39, 0.29) is 34.5 Å². The molecule has 2 rings (SSSR count). The summed E-state index contributed by atoms with van der Waals surface area (Å²) in [6.45, 7) is 3.21. The molecule has 146 valence electrons. The summed E-state index contributed by atoms with van der Waals surface area (Å²) in [7, 11) is -3.92. The highest BCUT2D eigenvalue weighted by Crippen LogP contribution is 2.22. The zero-order valence-electron chi connectivity index (χ0n) is 14.8. The Bertz CT molecular complexity index is 931. The third-order valence-corrected chi connectivity index (χ3v) is 5.31. The summed E-state index contributed by atoms with van der Waals surface area (Å²) in [5.41, 5.74) is 0.243. The number of aliphatic hydroxyl groups is 1. The highest BCUT2D eigenvalue weighted by molar-refractivity contribution is 7.92. The molecule has 3 N–H and O–H groups in total. The monoisotopic (exact) mass is 414 g/mol. The molecule has 0 aliphatic carbocycles. The van der Waals surface area contributed by atoms with E-state index in [0.717, 1.165) is 18.2 Å². The van der Waals surface area contributed by atoms with Crippen LogP contribution < -0.4 is 10.0 Å². The van der Waals surface area contributed by atoms with Crippen LogP contribution in [-0.4, -0.2) is 31.6 Å². The summed E-state index contributed by atoms with van der Waals surface area (Å²) in [6, 6.07) is 9.38. The van der Waals surface area contributed by atoms with Crippen molar-refractivity contribution in [1.29, 1.82) is 0 Å². The number of hydrogen-bond acceptors (Lipinski definition) is 4. The van der Waals surface area contributed by atoms with Gasteiger partial charge in [-0.3, -0.25) is 9.52 Å². The Balaban J connectivity index is 2.06. The minimum absolute atomic E-state index is 0.0873. The van der Waals surface area contributed by atoms with Crippen LogP contribution in [-0.2, 0) is 21.2 Å². The number of carbonyl (C=O) groups is 1. The lowest BCUT2D eigenvalue weighted by atomic mass is 10.1. The quantitative estimate of drug-likeness (QED) is 0.649. The fraction of sp³-hybridized carbons (Fsp3) is 0.278. The molecule has 0 saturated heterocycles. The Kier molecular flexibility index (Phi) is 6.46. The minimum Gasteiger partial charge on any atom is -0.394 e. The highest BCUT2D eigenvalue weighted by atomic mass is 35.5. The topological polar surface area (TPSA) is 95.5 Å². The Morgan fingerprint density at radius 2 is 1.81 bits per heavy atom. The van der Waals surface area contributed by atoms with Crippen LogP contribution in [0.15, 0.2) is 47.4 Å². The zero-order chi connectivity index (χ0) is 20.2. The number of carbonyl (C=O) groups excluding carboxylic acids is 1. The number of rotatable bonds is 7. The van der Waals surface area contributed by atoms with Crippen molar-refractivity contribution in [3.8, 4) is 0 Å². The first kappa shape index (κ1) is 21.1. The van der Waals surface area contributed by atoms with Crippen LogP contribution in [0, 0.1) is 5.82 Å². The average Bonchev–Trinajstić information content (AvgIpc) is 2.58. The molecule has 9 heteroatoms. The largest absolute Gasteiger partial charge is 0.394 e. The molecule has 0 bridgehead atoms. The lowest BCUT2D eigenvalue weighted by molar-refractivity contribution is -0.122. The fourth-order valence-electron chi connectivity index (χ4n) is 2.20. The molecule has 0 unspecified atom stereocenters. The summed E-state index contributed by atoms with van der Waals surface area (Å²) in [6.07, 6.45) is 0.0873. The number of amides is 1. The van der Waals surface area contributed by atoms with Gasteiger partial charge in [0, 0.05) is 5.69 Å². The maximum atomic E-state index is 13.2. The first-order valence-electron chi connectivity index (χ1n) is 8.01. The number of nitrogens with one attached hydrogen (secondary N) is 2. The predicted octanol–water partition coefficient (Wildman–Crippen LogP) is 2.71. The van der Waals surface area contributed by atoms with Crippen LogP contribution in [0.2, 0.25) is 5.02 Å². The molecule has 0 atom stereocenters. The van der Waals surface area contributed by atoms with Crippen LogP contribution in [0.3, 0.4) is 0 Å². The lowest BCUT2D eigenvalue weighted by Crippen LogP contribution is -2.46. The number of sulfonamides is 1. The summed E-state index contributed by atoms with van der Waals surface area (Å²) in [5.74, 6) is -0.967. The molecule has 0 aromatic heterocycles. The molecular weight excluding hydrogens is 395 g/mol. The molecule has 2 aromatic rings. The predicted molar refractivity (Wildman–Crippen MR) is 102 cm³/mol. The normalized spacial score (nSPS) is 11.9. The molecular formula is C18H20ClFN2O4S. The molecule has 0 spiro atoms. The summed E-state index contributed by atoms with van der Waals surface area (Å²) in [4.78, 5) is 11.8. The first-order valence-corrected chi connectivity index (χ1v) is 9.87. The van der Waals surface area contributed by atoms with Crippen molar-refractivity contribution < 1.29 is 22.7 Å². The van der Waals surface area contributed by atoms with E-state index in [1.165, 1.54) is 12.1 Å². The standard InChI is InChI=1S/C18H20ClFN2O4S/c1-18(2,11-23)21-17(24)9-12-3-5-13(6-4-12)22-27(25,26)14-7-8-16(20)15(19)10-14/h3-8,10,22-23H,9,11H2,1-2H3,(H,21,24). The molecule has 0 fully saturated rings. The molecule has 1 amide bonds. The van der Waals surface area contributed by atoms with Gasteiger partial charge in [0.25, 0.3) is 10.0 Å². The van der Waals surface area contributed by atoms with Crippen molar-refractivity contribution in [2.75, 3.05) is 11.3 Å². The molecule has 0 heterocycles. The van der Waals surface area contributed by atoms with Gasteiger partial charge in [0.2, 0.25) is 5.91 Å². The maximum absolute atomic E-state index is 13.2. The van der Waals surface area contributed by atoms with Crippen LogP contribution in [0.5, 0.6) is 0 Å². The van der Waals surface area contributed by atoms with Crippen molar-refractivity contribution >= 4 is 33.2 Å². The Labute approximate surface area is 162 Å². The first-order chi connectivity index (χ1) is 12.5. The molecule has 0 aliphatic rings. The molecule has 0 saturated carbocycles. The summed E-state index contributed by atoms with van der Waals surface area (Å²) >= 11 is 5.63. The van der Waals surface area contributed by atoms with Crippen LogP contribution >= 0.6 is 11.6 Å². The van der Waals surface area contributed by atoms with E-state index in [1.54, 1.807) is 26.0 Å². The van der Waals surface area contributed by atoms with Crippen molar-refractivity contribution in [2.45, 2.75) is 30.7 Å². The van der Waals surface area contributed by atoms with Gasteiger partial charge in [-0.2, -0.15) is 0 Å². The van der Waals surface area contributed by atoms with E-state index < -0.39 is 21.4 Å². The van der Waals surface area contributed by atoms with Crippen molar-refractivity contribution in [3.05, 3.63) is 58.9 Å². The van der Waals surface area contributed by atoms with Gasteiger partial charge in [-0.25, -0.2) is 12.8 Å². The number of benzene rings is 2. The van der Waals surface area contributed by atoms with Crippen LogP contribution in [0.1, 0.15) is 19.4 Å².